The van der Waals surface area contributed by atoms with Gasteiger partial charge in [-0.3, -0.25) is 0 Å². The summed E-state index contributed by atoms with van der Waals surface area (Å²) in [7, 11) is 0. The minimum Gasteiger partial charge on any atom is -0.468 e. The normalized spacial score (nSPS) is 12.5. The van der Waals surface area contributed by atoms with Crippen molar-refractivity contribution in [2.24, 2.45) is 0 Å². The van der Waals surface area contributed by atoms with Gasteiger partial charge in [0.15, 0.2) is 6.61 Å². The monoisotopic (exact) mass is 290 g/mol. The first-order valence-electron chi connectivity index (χ1n) is 4.81. The number of rotatable bonds is 5. The third-order valence-corrected chi connectivity index (χ3v) is 1.60. The molecule has 0 bridgehead atoms. The lowest BCUT2D eigenvalue weighted by molar-refractivity contribution is -0.176. The van der Waals surface area contributed by atoms with Crippen molar-refractivity contribution >= 4 is 0 Å². The van der Waals surface area contributed by atoms with Crippen molar-refractivity contribution in [3.63, 3.8) is 0 Å². The van der Waals surface area contributed by atoms with Gasteiger partial charge in [0.1, 0.15) is 12.9 Å². The maximum absolute atomic E-state index is 11.9. The molecule has 0 saturated heterocycles. The fourth-order valence-electron chi connectivity index (χ4n) is 0.962. The van der Waals surface area contributed by atoms with E-state index < -0.39 is 38.1 Å². The van der Waals surface area contributed by atoms with Crippen LogP contribution < -0.4 is 4.74 Å². The van der Waals surface area contributed by atoms with Gasteiger partial charge in [-0.1, -0.05) is 0 Å². The van der Waals surface area contributed by atoms with Crippen molar-refractivity contribution in [1.29, 1.82) is 0 Å². The molecule has 0 unspecified atom stereocenters. The van der Waals surface area contributed by atoms with E-state index in [0.717, 1.165) is 12.4 Å². The second kappa shape index (κ2) is 6.04. The lowest BCUT2D eigenvalue weighted by Gasteiger charge is -2.09. The van der Waals surface area contributed by atoms with E-state index in [4.69, 9.17) is 0 Å². The summed E-state index contributed by atoms with van der Waals surface area (Å²) in [4.78, 5) is 6.93. The molecule has 19 heavy (non-hydrogen) atoms. The van der Waals surface area contributed by atoms with Crippen LogP contribution in [0.4, 0.5) is 26.3 Å². The Morgan fingerprint density at radius 2 is 1.58 bits per heavy atom. The highest BCUT2D eigenvalue weighted by atomic mass is 19.4. The van der Waals surface area contributed by atoms with Gasteiger partial charge in [-0.05, 0) is 0 Å². The molecule has 0 atom stereocenters. The van der Waals surface area contributed by atoms with Crippen LogP contribution in [0.3, 0.4) is 0 Å². The molecule has 1 aromatic rings. The summed E-state index contributed by atoms with van der Waals surface area (Å²) >= 11 is 0. The topological polar surface area (TPSA) is 44.2 Å². The van der Waals surface area contributed by atoms with Crippen LogP contribution >= 0.6 is 0 Å². The van der Waals surface area contributed by atoms with Crippen molar-refractivity contribution in [1.82, 2.24) is 9.97 Å². The van der Waals surface area contributed by atoms with Crippen molar-refractivity contribution in [3.05, 3.63) is 18.1 Å². The number of halogens is 6. The molecule has 0 aromatic carbocycles. The Bertz CT molecular complexity index is 406. The van der Waals surface area contributed by atoms with Gasteiger partial charge in [-0.15, -0.1) is 0 Å². The molecule has 1 heterocycles. The zero-order valence-electron chi connectivity index (χ0n) is 9.25. The molecule has 10 heteroatoms. The molecule has 4 nitrogen and oxygen atoms in total. The van der Waals surface area contributed by atoms with E-state index in [1.165, 1.54) is 0 Å². The molecule has 108 valence electrons. The van der Waals surface area contributed by atoms with Crippen molar-refractivity contribution < 1.29 is 35.8 Å². The summed E-state index contributed by atoms with van der Waals surface area (Å²) in [5.41, 5.74) is -0.0172. The summed E-state index contributed by atoms with van der Waals surface area (Å²) in [6.07, 6.45) is -8.14. The summed E-state index contributed by atoms with van der Waals surface area (Å²) in [5, 5.41) is 0. The fraction of sp³-hybridized carbons (Fsp3) is 0.556. The molecule has 0 saturated carbocycles. The van der Waals surface area contributed by atoms with Gasteiger partial charge in [0.05, 0.1) is 12.3 Å². The number of aromatic nitrogens is 2. The van der Waals surface area contributed by atoms with Gasteiger partial charge in [0.25, 0.3) is 0 Å². The fourth-order valence-corrected chi connectivity index (χ4v) is 0.962. The van der Waals surface area contributed by atoms with E-state index in [-0.39, 0.29) is 5.69 Å². The van der Waals surface area contributed by atoms with E-state index in [0.29, 0.717) is 0 Å². The van der Waals surface area contributed by atoms with Gasteiger partial charge in [0.2, 0.25) is 5.88 Å². The molecule has 0 fully saturated rings. The SMILES string of the molecule is FC(F)(F)COCc1cc(OCC(F)(F)F)ncn1. The second-order valence-electron chi connectivity index (χ2n) is 3.36. The van der Waals surface area contributed by atoms with Gasteiger partial charge < -0.3 is 9.47 Å². The lowest BCUT2D eigenvalue weighted by atomic mass is 10.4. The zero-order valence-corrected chi connectivity index (χ0v) is 9.25. The number of ether oxygens (including phenoxy) is 2. The Labute approximate surface area is 103 Å². The average Bonchev–Trinajstić information content (AvgIpc) is 2.24. The first-order chi connectivity index (χ1) is 8.66. The van der Waals surface area contributed by atoms with Crippen LogP contribution in [0.15, 0.2) is 12.4 Å². The third kappa shape index (κ3) is 7.44. The summed E-state index contributed by atoms with van der Waals surface area (Å²) in [6, 6.07) is 0.974. The first kappa shape index (κ1) is 15.5. The Hall–Kier alpha value is -1.58. The highest BCUT2D eigenvalue weighted by Crippen LogP contribution is 2.18. The Morgan fingerprint density at radius 3 is 2.16 bits per heavy atom. The van der Waals surface area contributed by atoms with E-state index in [1.807, 2.05) is 0 Å². The average molecular weight is 290 g/mol. The molecule has 0 aliphatic carbocycles. The van der Waals surface area contributed by atoms with Gasteiger partial charge in [0, 0.05) is 6.07 Å². The maximum atomic E-state index is 11.9. The quantitative estimate of drug-likeness (QED) is 0.782. The molecule has 0 amide bonds. The molecule has 1 rings (SSSR count). The zero-order chi connectivity index (χ0) is 14.5. The molecule has 0 radical (unpaired) electrons. The highest BCUT2D eigenvalue weighted by molar-refractivity contribution is 5.12. The summed E-state index contributed by atoms with van der Waals surface area (Å²) in [5.74, 6) is -0.391. The Morgan fingerprint density at radius 1 is 0.947 bits per heavy atom. The number of nitrogens with zero attached hydrogens (tertiary/aromatic N) is 2. The van der Waals surface area contributed by atoms with Crippen LogP contribution in [-0.2, 0) is 11.3 Å². The Kier molecular flexibility index (Phi) is 4.92. The van der Waals surface area contributed by atoms with Gasteiger partial charge in [-0.2, -0.15) is 26.3 Å². The van der Waals surface area contributed by atoms with Crippen molar-refractivity contribution in [2.45, 2.75) is 19.0 Å². The van der Waals surface area contributed by atoms with Crippen LogP contribution in [0.25, 0.3) is 0 Å². The number of hydrogen-bond acceptors (Lipinski definition) is 4. The van der Waals surface area contributed by atoms with Gasteiger partial charge in [-0.25, -0.2) is 9.97 Å². The van der Waals surface area contributed by atoms with Crippen LogP contribution in [0.5, 0.6) is 5.88 Å². The number of hydrogen-bond donors (Lipinski definition) is 0. The van der Waals surface area contributed by atoms with Crippen molar-refractivity contribution in [2.75, 3.05) is 13.2 Å². The summed E-state index contributed by atoms with van der Waals surface area (Å²) < 4.78 is 79.5. The molecule has 0 aliphatic rings. The Balaban J connectivity index is 2.48. The van der Waals surface area contributed by atoms with E-state index in [2.05, 4.69) is 19.4 Å². The third-order valence-electron chi connectivity index (χ3n) is 1.60. The molecule has 0 spiro atoms. The minimum atomic E-state index is -4.53. The van der Waals surface area contributed by atoms with Crippen LogP contribution in [-0.4, -0.2) is 35.5 Å². The molecular formula is C9H8F6N2O2. The molecule has 0 aliphatic heterocycles. The van der Waals surface area contributed by atoms with Gasteiger partial charge >= 0.3 is 12.4 Å². The van der Waals surface area contributed by atoms with Crippen LogP contribution in [0, 0.1) is 0 Å². The predicted molar refractivity (Wildman–Crippen MR) is 49.3 cm³/mol. The molecular weight excluding hydrogens is 282 g/mol. The van der Waals surface area contributed by atoms with Crippen LogP contribution in [0.1, 0.15) is 5.69 Å². The smallest absolute Gasteiger partial charge is 0.422 e. The predicted octanol–water partition coefficient (Wildman–Crippen LogP) is 2.50. The second-order valence-corrected chi connectivity index (χ2v) is 3.36. The van der Waals surface area contributed by atoms with Crippen LogP contribution in [0.2, 0.25) is 0 Å². The first-order valence-corrected chi connectivity index (χ1v) is 4.81. The summed E-state index contributed by atoms with van der Waals surface area (Å²) in [6.45, 7) is -3.53. The number of alkyl halides is 6. The minimum absolute atomic E-state index is 0.0172. The maximum Gasteiger partial charge on any atom is 0.422 e. The van der Waals surface area contributed by atoms with E-state index in [1.54, 1.807) is 0 Å². The highest BCUT2D eigenvalue weighted by Gasteiger charge is 2.29. The molecule has 1 aromatic heterocycles. The molecule has 0 N–H and O–H groups in total. The van der Waals surface area contributed by atoms with E-state index >= 15 is 0 Å². The standard InChI is InChI=1S/C9H8F6N2O2/c10-8(11,12)3-18-2-6-1-7(17-5-16-6)19-4-9(13,14)15/h1,5H,2-4H2. The largest absolute Gasteiger partial charge is 0.468 e. The van der Waals surface area contributed by atoms with Crippen molar-refractivity contribution in [3.8, 4) is 5.88 Å². The van der Waals surface area contributed by atoms with E-state index in [9.17, 15) is 26.3 Å². The lowest BCUT2D eigenvalue weighted by Crippen LogP contribution is -2.20.